The summed E-state index contributed by atoms with van der Waals surface area (Å²) in [6.07, 6.45) is 1.12. The molecule has 0 radical (unpaired) electrons. The highest BCUT2D eigenvalue weighted by Crippen LogP contribution is 2.24. The number of rotatable bonds is 6. The summed E-state index contributed by atoms with van der Waals surface area (Å²) in [7, 11) is -1.79. The average Bonchev–Trinajstić information content (AvgIpc) is 3.04. The molecule has 0 spiro atoms. The number of fused-ring (bicyclic) bond motifs is 1. The van der Waals surface area contributed by atoms with Gasteiger partial charge in [-0.15, -0.1) is 0 Å². The van der Waals surface area contributed by atoms with Gasteiger partial charge in [0.2, 0.25) is 15.9 Å². The van der Waals surface area contributed by atoms with E-state index in [1.807, 2.05) is 30.3 Å². The van der Waals surface area contributed by atoms with Crippen molar-refractivity contribution >= 4 is 27.0 Å². The van der Waals surface area contributed by atoms with Crippen LogP contribution in [0.5, 0.6) is 0 Å². The van der Waals surface area contributed by atoms with Crippen LogP contribution < -0.4 is 5.32 Å². The highest BCUT2D eigenvalue weighted by molar-refractivity contribution is 7.88. The van der Waals surface area contributed by atoms with Crippen molar-refractivity contribution in [3.05, 3.63) is 54.1 Å². The van der Waals surface area contributed by atoms with Crippen LogP contribution in [0.25, 0.3) is 22.6 Å². The molecule has 0 saturated carbocycles. The van der Waals surface area contributed by atoms with Crippen molar-refractivity contribution in [3.8, 4) is 11.5 Å². The van der Waals surface area contributed by atoms with Gasteiger partial charge in [-0.1, -0.05) is 18.2 Å². The highest BCUT2D eigenvalue weighted by atomic mass is 32.2. The van der Waals surface area contributed by atoms with Gasteiger partial charge in [0.1, 0.15) is 5.52 Å². The molecule has 3 rings (SSSR count). The van der Waals surface area contributed by atoms with Gasteiger partial charge < -0.3 is 9.73 Å². The molecular formula is C18H19N3O4S. The van der Waals surface area contributed by atoms with Gasteiger partial charge >= 0.3 is 0 Å². The Labute approximate surface area is 151 Å². The molecule has 26 heavy (non-hydrogen) atoms. The molecule has 1 amide bonds. The molecule has 0 unspecified atom stereocenters. The molecule has 7 nitrogen and oxygen atoms in total. The number of amides is 1. The Morgan fingerprint density at radius 3 is 2.62 bits per heavy atom. The fraction of sp³-hybridized carbons (Fsp3) is 0.222. The van der Waals surface area contributed by atoms with Gasteiger partial charge in [0.25, 0.3) is 5.91 Å². The Morgan fingerprint density at radius 1 is 1.19 bits per heavy atom. The van der Waals surface area contributed by atoms with Crippen molar-refractivity contribution in [3.63, 3.8) is 0 Å². The standard InChI is InChI=1S/C18H19N3O4S/c1-21(26(2,23)24)11-10-19-17(22)14-8-9-15-16(12-14)25-18(20-15)13-6-4-3-5-7-13/h3-9,12H,10-11H2,1-2H3,(H,19,22). The number of hydrogen-bond acceptors (Lipinski definition) is 5. The molecule has 1 heterocycles. The Kier molecular flexibility index (Phi) is 5.06. The van der Waals surface area contributed by atoms with E-state index in [0.717, 1.165) is 11.8 Å². The lowest BCUT2D eigenvalue weighted by molar-refractivity contribution is 0.0952. The minimum atomic E-state index is -3.26. The van der Waals surface area contributed by atoms with E-state index in [0.29, 0.717) is 22.6 Å². The van der Waals surface area contributed by atoms with Crippen LogP contribution in [0.2, 0.25) is 0 Å². The molecule has 1 N–H and O–H groups in total. The number of sulfonamides is 1. The number of hydrogen-bond donors (Lipinski definition) is 1. The molecular weight excluding hydrogens is 354 g/mol. The van der Waals surface area contributed by atoms with Gasteiger partial charge in [-0.05, 0) is 30.3 Å². The summed E-state index contributed by atoms with van der Waals surface area (Å²) in [5.41, 5.74) is 2.47. The van der Waals surface area contributed by atoms with Gasteiger partial charge in [0.15, 0.2) is 5.58 Å². The van der Waals surface area contributed by atoms with Crippen LogP contribution >= 0.6 is 0 Å². The van der Waals surface area contributed by atoms with Gasteiger partial charge in [0, 0.05) is 31.3 Å². The molecule has 0 aliphatic rings. The Hall–Kier alpha value is -2.71. The monoisotopic (exact) mass is 373 g/mol. The maximum atomic E-state index is 12.3. The van der Waals surface area contributed by atoms with E-state index < -0.39 is 10.0 Å². The Bertz CT molecular complexity index is 1030. The zero-order valence-electron chi connectivity index (χ0n) is 14.5. The number of nitrogens with zero attached hydrogens (tertiary/aromatic N) is 2. The fourth-order valence-electron chi connectivity index (χ4n) is 2.36. The first-order chi connectivity index (χ1) is 12.3. The van der Waals surface area contributed by atoms with E-state index in [-0.39, 0.29) is 19.0 Å². The molecule has 3 aromatic rings. The summed E-state index contributed by atoms with van der Waals surface area (Å²) in [6, 6.07) is 14.5. The number of oxazole rings is 1. The summed E-state index contributed by atoms with van der Waals surface area (Å²) < 4.78 is 29.6. The lowest BCUT2D eigenvalue weighted by Crippen LogP contribution is -2.35. The van der Waals surface area contributed by atoms with Gasteiger partial charge in [-0.25, -0.2) is 17.7 Å². The van der Waals surface area contributed by atoms with Crippen LogP contribution in [-0.4, -0.2) is 50.0 Å². The predicted molar refractivity (Wildman–Crippen MR) is 99.3 cm³/mol. The van der Waals surface area contributed by atoms with E-state index in [2.05, 4.69) is 10.3 Å². The second-order valence-electron chi connectivity index (χ2n) is 5.91. The largest absolute Gasteiger partial charge is 0.436 e. The van der Waals surface area contributed by atoms with Crippen molar-refractivity contribution in [1.29, 1.82) is 0 Å². The average molecular weight is 373 g/mol. The smallest absolute Gasteiger partial charge is 0.251 e. The van der Waals surface area contributed by atoms with Gasteiger partial charge in [0.05, 0.1) is 6.26 Å². The molecule has 0 atom stereocenters. The summed E-state index contributed by atoms with van der Waals surface area (Å²) in [6.45, 7) is 0.416. The normalized spacial score (nSPS) is 11.8. The molecule has 1 aromatic heterocycles. The first-order valence-electron chi connectivity index (χ1n) is 8.00. The molecule has 0 fully saturated rings. The third kappa shape index (κ3) is 4.09. The van der Waals surface area contributed by atoms with Crippen molar-refractivity contribution in [2.45, 2.75) is 0 Å². The zero-order chi connectivity index (χ0) is 18.7. The van der Waals surface area contributed by atoms with E-state index in [1.165, 1.54) is 11.4 Å². The van der Waals surface area contributed by atoms with Crippen molar-refractivity contribution < 1.29 is 17.6 Å². The Morgan fingerprint density at radius 2 is 1.92 bits per heavy atom. The lowest BCUT2D eigenvalue weighted by atomic mass is 10.2. The predicted octanol–water partition coefficient (Wildman–Crippen LogP) is 2.12. The van der Waals surface area contributed by atoms with Crippen molar-refractivity contribution in [2.75, 3.05) is 26.4 Å². The molecule has 136 valence electrons. The first kappa shape index (κ1) is 18.1. The molecule has 0 bridgehead atoms. The zero-order valence-corrected chi connectivity index (χ0v) is 15.3. The van der Waals surface area contributed by atoms with E-state index >= 15 is 0 Å². The fourth-order valence-corrected chi connectivity index (χ4v) is 2.79. The number of likely N-dealkylation sites (N-methyl/N-ethyl adjacent to an activating group) is 1. The Balaban J connectivity index is 1.71. The van der Waals surface area contributed by atoms with Crippen molar-refractivity contribution in [1.82, 2.24) is 14.6 Å². The molecule has 0 aliphatic heterocycles. The molecule has 8 heteroatoms. The van der Waals surface area contributed by atoms with E-state index in [9.17, 15) is 13.2 Å². The van der Waals surface area contributed by atoms with Crippen LogP contribution in [0.4, 0.5) is 0 Å². The highest BCUT2D eigenvalue weighted by Gasteiger charge is 2.13. The van der Waals surface area contributed by atoms with Crippen LogP contribution in [0.3, 0.4) is 0 Å². The third-order valence-electron chi connectivity index (χ3n) is 3.95. The van der Waals surface area contributed by atoms with Crippen LogP contribution in [-0.2, 0) is 10.0 Å². The van der Waals surface area contributed by atoms with Gasteiger partial charge in [-0.2, -0.15) is 0 Å². The lowest BCUT2D eigenvalue weighted by Gasteiger charge is -2.14. The molecule has 0 saturated heterocycles. The van der Waals surface area contributed by atoms with Crippen molar-refractivity contribution in [2.24, 2.45) is 0 Å². The summed E-state index contributed by atoms with van der Waals surface area (Å²) in [5.74, 6) is 0.194. The van der Waals surface area contributed by atoms with Crippen LogP contribution in [0.1, 0.15) is 10.4 Å². The first-order valence-corrected chi connectivity index (χ1v) is 9.85. The van der Waals surface area contributed by atoms with Crippen LogP contribution in [0.15, 0.2) is 52.9 Å². The summed E-state index contributed by atoms with van der Waals surface area (Å²) in [5, 5.41) is 2.70. The summed E-state index contributed by atoms with van der Waals surface area (Å²) in [4.78, 5) is 16.7. The van der Waals surface area contributed by atoms with E-state index in [4.69, 9.17) is 4.42 Å². The SMILES string of the molecule is CN(CCNC(=O)c1ccc2nc(-c3ccccc3)oc2c1)S(C)(=O)=O. The van der Waals surface area contributed by atoms with Gasteiger partial charge in [-0.3, -0.25) is 4.79 Å². The number of benzene rings is 2. The third-order valence-corrected chi connectivity index (χ3v) is 5.26. The quantitative estimate of drug-likeness (QED) is 0.714. The maximum absolute atomic E-state index is 12.3. The van der Waals surface area contributed by atoms with Crippen LogP contribution in [0, 0.1) is 0 Å². The minimum absolute atomic E-state index is 0.202. The van der Waals surface area contributed by atoms with E-state index in [1.54, 1.807) is 18.2 Å². The summed E-state index contributed by atoms with van der Waals surface area (Å²) >= 11 is 0. The second kappa shape index (κ2) is 7.27. The minimum Gasteiger partial charge on any atom is -0.436 e. The number of nitrogens with one attached hydrogen (secondary N) is 1. The number of aromatic nitrogens is 1. The maximum Gasteiger partial charge on any atom is 0.251 e. The second-order valence-corrected chi connectivity index (χ2v) is 8.00. The molecule has 0 aliphatic carbocycles. The molecule has 2 aromatic carbocycles. The number of carbonyl (C=O) groups is 1. The number of carbonyl (C=O) groups excluding carboxylic acids is 1. The topological polar surface area (TPSA) is 92.5 Å².